The van der Waals surface area contributed by atoms with E-state index in [1.807, 2.05) is 19.2 Å². The summed E-state index contributed by atoms with van der Waals surface area (Å²) in [7, 11) is 1.80. The molecule has 0 bridgehead atoms. The first kappa shape index (κ1) is 14.8. The first-order chi connectivity index (χ1) is 8.60. The Balaban J connectivity index is 2.78. The standard InChI is InChI=1S/C13H21N3OS/c1-5-11-6-10(7-12(14-3)16-11)13(17)15-8-9(2)18-4/h6-7,9H,5,8H2,1-4H3,(H,14,16)(H,15,17). The molecule has 100 valence electrons. The summed E-state index contributed by atoms with van der Waals surface area (Å²) in [6, 6.07) is 3.62. The molecule has 0 fully saturated rings. The highest BCUT2D eigenvalue weighted by Crippen LogP contribution is 2.11. The molecule has 5 heteroatoms. The van der Waals surface area contributed by atoms with Gasteiger partial charge in [0.1, 0.15) is 5.82 Å². The van der Waals surface area contributed by atoms with Gasteiger partial charge in [-0.15, -0.1) is 0 Å². The zero-order chi connectivity index (χ0) is 13.5. The molecule has 4 nitrogen and oxygen atoms in total. The highest BCUT2D eigenvalue weighted by molar-refractivity contribution is 7.99. The quantitative estimate of drug-likeness (QED) is 0.829. The second-order valence-electron chi connectivity index (χ2n) is 4.09. The molecule has 18 heavy (non-hydrogen) atoms. The van der Waals surface area contributed by atoms with E-state index >= 15 is 0 Å². The van der Waals surface area contributed by atoms with Crippen LogP contribution in [0.15, 0.2) is 12.1 Å². The van der Waals surface area contributed by atoms with Crippen molar-refractivity contribution in [2.24, 2.45) is 0 Å². The van der Waals surface area contributed by atoms with E-state index in [0.717, 1.165) is 17.9 Å². The van der Waals surface area contributed by atoms with Gasteiger partial charge in [0.15, 0.2) is 0 Å². The number of carbonyl (C=O) groups is 1. The summed E-state index contributed by atoms with van der Waals surface area (Å²) in [5.41, 5.74) is 1.59. The third kappa shape index (κ3) is 4.22. The molecule has 2 N–H and O–H groups in total. The number of pyridine rings is 1. The normalized spacial score (nSPS) is 12.0. The van der Waals surface area contributed by atoms with Crippen molar-refractivity contribution in [3.63, 3.8) is 0 Å². The Kier molecular flexibility index (Phi) is 5.98. The molecule has 1 atom stereocenters. The van der Waals surface area contributed by atoms with Crippen molar-refractivity contribution >= 4 is 23.5 Å². The fraction of sp³-hybridized carbons (Fsp3) is 0.538. The molecule has 1 heterocycles. The van der Waals surface area contributed by atoms with Crippen LogP contribution in [0.3, 0.4) is 0 Å². The first-order valence-electron chi connectivity index (χ1n) is 6.10. The fourth-order valence-corrected chi connectivity index (χ4v) is 1.70. The van der Waals surface area contributed by atoms with Crippen molar-refractivity contribution in [1.29, 1.82) is 0 Å². The van der Waals surface area contributed by atoms with Gasteiger partial charge in [-0.05, 0) is 24.8 Å². The molecule has 0 aromatic carbocycles. The van der Waals surface area contributed by atoms with E-state index in [4.69, 9.17) is 0 Å². The molecule has 0 spiro atoms. The van der Waals surface area contributed by atoms with Crippen LogP contribution in [-0.4, -0.2) is 36.0 Å². The second-order valence-corrected chi connectivity index (χ2v) is 5.37. The predicted octanol–water partition coefficient (Wildman–Crippen LogP) is 2.17. The molecular formula is C13H21N3OS. The third-order valence-corrected chi connectivity index (χ3v) is 3.68. The molecule has 0 saturated carbocycles. The highest BCUT2D eigenvalue weighted by Gasteiger charge is 2.10. The van der Waals surface area contributed by atoms with Crippen LogP contribution in [0.1, 0.15) is 29.9 Å². The number of anilines is 1. The number of amides is 1. The summed E-state index contributed by atoms with van der Waals surface area (Å²) >= 11 is 1.74. The van der Waals surface area contributed by atoms with Gasteiger partial charge in [-0.3, -0.25) is 4.79 Å². The number of hydrogen-bond donors (Lipinski definition) is 2. The Bertz CT molecular complexity index is 387. The highest BCUT2D eigenvalue weighted by atomic mass is 32.2. The van der Waals surface area contributed by atoms with Gasteiger partial charge in [0.2, 0.25) is 0 Å². The summed E-state index contributed by atoms with van der Waals surface area (Å²) in [5.74, 6) is 0.696. The molecule has 0 aliphatic rings. The maximum Gasteiger partial charge on any atom is 0.251 e. The summed E-state index contributed by atoms with van der Waals surface area (Å²) < 4.78 is 0. The molecule has 0 aliphatic heterocycles. The van der Waals surface area contributed by atoms with Crippen molar-refractivity contribution in [2.45, 2.75) is 25.5 Å². The fourth-order valence-electron chi connectivity index (χ4n) is 1.45. The van der Waals surface area contributed by atoms with Crippen molar-refractivity contribution < 1.29 is 4.79 Å². The van der Waals surface area contributed by atoms with Crippen LogP contribution in [0.4, 0.5) is 5.82 Å². The molecule has 1 amide bonds. The number of rotatable bonds is 6. The third-order valence-electron chi connectivity index (χ3n) is 2.71. The molecule has 1 aromatic rings. The van der Waals surface area contributed by atoms with Crippen LogP contribution in [0.5, 0.6) is 0 Å². The van der Waals surface area contributed by atoms with Crippen LogP contribution in [0.2, 0.25) is 0 Å². The van der Waals surface area contributed by atoms with E-state index in [1.54, 1.807) is 24.9 Å². The van der Waals surface area contributed by atoms with E-state index in [1.165, 1.54) is 0 Å². The number of carbonyl (C=O) groups excluding carboxylic acids is 1. The number of thioether (sulfide) groups is 1. The molecule has 1 aromatic heterocycles. The van der Waals surface area contributed by atoms with Gasteiger partial charge in [0, 0.05) is 30.1 Å². The van der Waals surface area contributed by atoms with E-state index < -0.39 is 0 Å². The Labute approximate surface area is 113 Å². The average Bonchev–Trinajstić information content (AvgIpc) is 2.43. The van der Waals surface area contributed by atoms with Gasteiger partial charge >= 0.3 is 0 Å². The van der Waals surface area contributed by atoms with Crippen molar-refractivity contribution in [1.82, 2.24) is 10.3 Å². The second kappa shape index (κ2) is 7.26. The summed E-state index contributed by atoms with van der Waals surface area (Å²) in [6.07, 6.45) is 2.86. The Morgan fingerprint density at radius 2 is 2.22 bits per heavy atom. The zero-order valence-electron chi connectivity index (χ0n) is 11.4. The van der Waals surface area contributed by atoms with Gasteiger partial charge in [0.05, 0.1) is 0 Å². The minimum atomic E-state index is -0.0375. The van der Waals surface area contributed by atoms with Crippen molar-refractivity contribution in [2.75, 3.05) is 25.2 Å². The van der Waals surface area contributed by atoms with Gasteiger partial charge < -0.3 is 10.6 Å². The van der Waals surface area contributed by atoms with Gasteiger partial charge in [-0.25, -0.2) is 4.98 Å². The Morgan fingerprint density at radius 3 is 2.78 bits per heavy atom. The van der Waals surface area contributed by atoms with Crippen LogP contribution in [-0.2, 0) is 6.42 Å². The van der Waals surface area contributed by atoms with Crippen LogP contribution in [0.25, 0.3) is 0 Å². The lowest BCUT2D eigenvalue weighted by atomic mass is 10.2. The number of hydrogen-bond acceptors (Lipinski definition) is 4. The maximum absolute atomic E-state index is 12.0. The SMILES string of the molecule is CCc1cc(C(=O)NCC(C)SC)cc(NC)n1. The van der Waals surface area contributed by atoms with E-state index in [9.17, 15) is 4.79 Å². The molecular weight excluding hydrogens is 246 g/mol. The first-order valence-corrected chi connectivity index (χ1v) is 7.39. The smallest absolute Gasteiger partial charge is 0.251 e. The van der Waals surface area contributed by atoms with Crippen molar-refractivity contribution in [3.8, 4) is 0 Å². The van der Waals surface area contributed by atoms with Gasteiger partial charge in [0.25, 0.3) is 5.91 Å². The lowest BCUT2D eigenvalue weighted by molar-refractivity contribution is 0.0954. The zero-order valence-corrected chi connectivity index (χ0v) is 12.2. The molecule has 1 unspecified atom stereocenters. The lowest BCUT2D eigenvalue weighted by Crippen LogP contribution is -2.29. The predicted molar refractivity (Wildman–Crippen MR) is 78.5 cm³/mol. The van der Waals surface area contributed by atoms with Crippen LogP contribution >= 0.6 is 11.8 Å². The van der Waals surface area contributed by atoms with Crippen LogP contribution in [0, 0.1) is 0 Å². The largest absolute Gasteiger partial charge is 0.373 e. The molecule has 0 aliphatic carbocycles. The van der Waals surface area contributed by atoms with E-state index in [0.29, 0.717) is 17.4 Å². The number of aryl methyl sites for hydroxylation is 1. The summed E-state index contributed by atoms with van der Waals surface area (Å²) in [5, 5.41) is 6.34. The maximum atomic E-state index is 12.0. The average molecular weight is 267 g/mol. The Morgan fingerprint density at radius 1 is 1.50 bits per heavy atom. The lowest BCUT2D eigenvalue weighted by Gasteiger charge is -2.11. The topological polar surface area (TPSA) is 54.0 Å². The van der Waals surface area contributed by atoms with Gasteiger partial charge in [-0.1, -0.05) is 13.8 Å². The summed E-state index contributed by atoms with van der Waals surface area (Å²) in [4.78, 5) is 16.4. The molecule has 1 rings (SSSR count). The number of nitrogens with one attached hydrogen (secondary N) is 2. The minimum absolute atomic E-state index is 0.0375. The van der Waals surface area contributed by atoms with E-state index in [2.05, 4.69) is 22.5 Å². The number of nitrogens with zero attached hydrogens (tertiary/aromatic N) is 1. The monoisotopic (exact) mass is 267 g/mol. The van der Waals surface area contributed by atoms with Crippen molar-refractivity contribution in [3.05, 3.63) is 23.4 Å². The molecule has 0 radical (unpaired) electrons. The summed E-state index contributed by atoms with van der Waals surface area (Å²) in [6.45, 7) is 4.80. The van der Waals surface area contributed by atoms with E-state index in [-0.39, 0.29) is 5.91 Å². The van der Waals surface area contributed by atoms with Gasteiger partial charge in [-0.2, -0.15) is 11.8 Å². The minimum Gasteiger partial charge on any atom is -0.373 e. The molecule has 0 saturated heterocycles. The van der Waals surface area contributed by atoms with Crippen LogP contribution < -0.4 is 10.6 Å². The number of aromatic nitrogens is 1. The Hall–Kier alpha value is -1.23.